The Morgan fingerprint density at radius 2 is 2.20 bits per heavy atom. The van der Waals surface area contributed by atoms with Gasteiger partial charge < -0.3 is 10.1 Å². The lowest BCUT2D eigenvalue weighted by molar-refractivity contribution is 0.0950. The molecule has 0 atom stereocenters. The van der Waals surface area contributed by atoms with Gasteiger partial charge in [0.25, 0.3) is 5.91 Å². The van der Waals surface area contributed by atoms with Crippen molar-refractivity contribution in [1.29, 1.82) is 0 Å². The number of rotatable bonds is 3. The molecule has 0 radical (unpaired) electrons. The monoisotopic (exact) mass is 205 g/mol. The molecule has 15 heavy (non-hydrogen) atoms. The first-order valence-corrected chi connectivity index (χ1v) is 5.16. The van der Waals surface area contributed by atoms with Gasteiger partial charge in [-0.25, -0.2) is 0 Å². The highest BCUT2D eigenvalue weighted by Gasteiger charge is 2.23. The first kappa shape index (κ1) is 10.0. The summed E-state index contributed by atoms with van der Waals surface area (Å²) in [5.41, 5.74) is 1.71. The fourth-order valence-electron chi connectivity index (χ4n) is 1.46. The highest BCUT2D eigenvalue weighted by atomic mass is 16.5. The van der Waals surface area contributed by atoms with Crippen molar-refractivity contribution >= 4 is 5.91 Å². The van der Waals surface area contributed by atoms with E-state index in [1.54, 1.807) is 13.2 Å². The van der Waals surface area contributed by atoms with Crippen LogP contribution in [0.3, 0.4) is 0 Å². The maximum absolute atomic E-state index is 11.7. The van der Waals surface area contributed by atoms with Gasteiger partial charge in [0, 0.05) is 11.6 Å². The van der Waals surface area contributed by atoms with Crippen molar-refractivity contribution in [2.24, 2.45) is 0 Å². The topological polar surface area (TPSA) is 38.3 Å². The molecule has 1 aliphatic carbocycles. The van der Waals surface area contributed by atoms with Crippen molar-refractivity contribution in [2.45, 2.75) is 25.8 Å². The lowest BCUT2D eigenvalue weighted by Gasteiger charge is -2.07. The van der Waals surface area contributed by atoms with E-state index in [1.807, 2.05) is 19.1 Å². The molecule has 80 valence electrons. The van der Waals surface area contributed by atoms with Crippen molar-refractivity contribution in [3.8, 4) is 5.75 Å². The Balaban J connectivity index is 2.16. The molecule has 0 unspecified atom stereocenters. The SMILES string of the molecule is COc1cc(C(=O)NC2CC2)ccc1C. The number of methoxy groups -OCH3 is 1. The van der Waals surface area contributed by atoms with Crippen molar-refractivity contribution in [2.75, 3.05) is 7.11 Å². The summed E-state index contributed by atoms with van der Waals surface area (Å²) < 4.78 is 5.18. The minimum atomic E-state index is -0.00389. The van der Waals surface area contributed by atoms with E-state index in [2.05, 4.69) is 5.32 Å². The van der Waals surface area contributed by atoms with Crippen molar-refractivity contribution in [3.05, 3.63) is 29.3 Å². The van der Waals surface area contributed by atoms with E-state index < -0.39 is 0 Å². The highest BCUT2D eigenvalue weighted by Crippen LogP contribution is 2.22. The number of aryl methyl sites for hydroxylation is 1. The number of benzene rings is 1. The average molecular weight is 205 g/mol. The number of nitrogens with one attached hydrogen (secondary N) is 1. The molecular weight excluding hydrogens is 190 g/mol. The van der Waals surface area contributed by atoms with Crippen molar-refractivity contribution in [3.63, 3.8) is 0 Å². The Morgan fingerprint density at radius 3 is 2.80 bits per heavy atom. The highest BCUT2D eigenvalue weighted by molar-refractivity contribution is 5.95. The molecule has 3 nitrogen and oxygen atoms in total. The largest absolute Gasteiger partial charge is 0.496 e. The molecule has 0 saturated heterocycles. The Labute approximate surface area is 89.4 Å². The molecule has 1 N–H and O–H groups in total. The summed E-state index contributed by atoms with van der Waals surface area (Å²) in [5, 5.41) is 2.95. The van der Waals surface area contributed by atoms with Gasteiger partial charge in [0.15, 0.2) is 0 Å². The van der Waals surface area contributed by atoms with Crippen LogP contribution in [-0.2, 0) is 0 Å². The third kappa shape index (κ3) is 2.29. The smallest absolute Gasteiger partial charge is 0.251 e. The maximum atomic E-state index is 11.7. The quantitative estimate of drug-likeness (QED) is 0.818. The van der Waals surface area contributed by atoms with Gasteiger partial charge in [-0.3, -0.25) is 4.79 Å². The molecule has 3 heteroatoms. The average Bonchev–Trinajstić information content (AvgIpc) is 3.02. The molecule has 0 bridgehead atoms. The summed E-state index contributed by atoms with van der Waals surface area (Å²) in [4.78, 5) is 11.7. The first-order valence-electron chi connectivity index (χ1n) is 5.16. The number of hydrogen-bond acceptors (Lipinski definition) is 2. The molecule has 1 aromatic rings. The van der Waals surface area contributed by atoms with E-state index in [0.717, 1.165) is 24.2 Å². The third-order valence-corrected chi connectivity index (χ3v) is 2.58. The van der Waals surface area contributed by atoms with Gasteiger partial charge in [-0.05, 0) is 37.5 Å². The van der Waals surface area contributed by atoms with E-state index in [4.69, 9.17) is 4.74 Å². The van der Waals surface area contributed by atoms with E-state index in [1.165, 1.54) is 0 Å². The number of carbonyl (C=O) groups is 1. The van der Waals surface area contributed by atoms with Crippen LogP contribution in [0.2, 0.25) is 0 Å². The predicted octanol–water partition coefficient (Wildman–Crippen LogP) is 1.90. The number of carbonyl (C=O) groups excluding carboxylic acids is 1. The fraction of sp³-hybridized carbons (Fsp3) is 0.417. The summed E-state index contributed by atoms with van der Waals surface area (Å²) in [7, 11) is 1.62. The second kappa shape index (κ2) is 3.93. The minimum Gasteiger partial charge on any atom is -0.496 e. The zero-order chi connectivity index (χ0) is 10.8. The maximum Gasteiger partial charge on any atom is 0.251 e. The summed E-state index contributed by atoms with van der Waals surface area (Å²) in [6.45, 7) is 1.96. The van der Waals surface area contributed by atoms with Gasteiger partial charge in [0.2, 0.25) is 0 Å². The van der Waals surface area contributed by atoms with Crippen molar-refractivity contribution < 1.29 is 9.53 Å². The molecule has 0 aliphatic heterocycles. The Bertz CT molecular complexity index is 383. The zero-order valence-corrected chi connectivity index (χ0v) is 9.04. The normalized spacial score (nSPS) is 14.8. The van der Waals surface area contributed by atoms with Gasteiger partial charge >= 0.3 is 0 Å². The summed E-state index contributed by atoms with van der Waals surface area (Å²) in [6.07, 6.45) is 2.21. The minimum absolute atomic E-state index is 0.00389. The van der Waals surface area contributed by atoms with Crippen LogP contribution in [0, 0.1) is 6.92 Å². The van der Waals surface area contributed by atoms with Crippen LogP contribution >= 0.6 is 0 Å². The second-order valence-corrected chi connectivity index (χ2v) is 3.93. The van der Waals surface area contributed by atoms with E-state index in [0.29, 0.717) is 11.6 Å². The third-order valence-electron chi connectivity index (χ3n) is 2.58. The van der Waals surface area contributed by atoms with Crippen LogP contribution in [0.25, 0.3) is 0 Å². The molecule has 0 heterocycles. The van der Waals surface area contributed by atoms with Crippen LogP contribution < -0.4 is 10.1 Å². The predicted molar refractivity (Wildman–Crippen MR) is 58.2 cm³/mol. The molecule has 1 aliphatic rings. The molecule has 1 amide bonds. The van der Waals surface area contributed by atoms with E-state index >= 15 is 0 Å². The van der Waals surface area contributed by atoms with Gasteiger partial charge in [-0.1, -0.05) is 6.07 Å². The van der Waals surface area contributed by atoms with Crippen LogP contribution in [0.5, 0.6) is 5.75 Å². The molecule has 2 rings (SSSR count). The number of hydrogen-bond donors (Lipinski definition) is 1. The van der Waals surface area contributed by atoms with Gasteiger partial charge in [0.1, 0.15) is 5.75 Å². The fourth-order valence-corrected chi connectivity index (χ4v) is 1.46. The molecule has 0 spiro atoms. The summed E-state index contributed by atoms with van der Waals surface area (Å²) >= 11 is 0. The summed E-state index contributed by atoms with van der Waals surface area (Å²) in [6, 6.07) is 5.91. The van der Waals surface area contributed by atoms with Gasteiger partial charge in [-0.2, -0.15) is 0 Å². The van der Waals surface area contributed by atoms with Crippen LogP contribution in [0.15, 0.2) is 18.2 Å². The zero-order valence-electron chi connectivity index (χ0n) is 9.04. The molecule has 1 fully saturated rings. The second-order valence-electron chi connectivity index (χ2n) is 3.93. The van der Waals surface area contributed by atoms with Crippen LogP contribution in [-0.4, -0.2) is 19.1 Å². The van der Waals surface area contributed by atoms with Crippen LogP contribution in [0.4, 0.5) is 0 Å². The molecule has 1 aromatic carbocycles. The lowest BCUT2D eigenvalue weighted by Crippen LogP contribution is -2.25. The van der Waals surface area contributed by atoms with E-state index in [9.17, 15) is 4.79 Å². The van der Waals surface area contributed by atoms with E-state index in [-0.39, 0.29) is 5.91 Å². The number of amides is 1. The van der Waals surface area contributed by atoms with Gasteiger partial charge in [-0.15, -0.1) is 0 Å². The molecule has 0 aromatic heterocycles. The number of ether oxygens (including phenoxy) is 1. The van der Waals surface area contributed by atoms with Crippen LogP contribution in [0.1, 0.15) is 28.8 Å². The molecule has 1 saturated carbocycles. The summed E-state index contributed by atoms with van der Waals surface area (Å²) in [5.74, 6) is 0.759. The molecular formula is C12H15NO2. The standard InChI is InChI=1S/C12H15NO2/c1-8-3-4-9(7-11(8)15-2)12(14)13-10-5-6-10/h3-4,7,10H,5-6H2,1-2H3,(H,13,14). The Hall–Kier alpha value is -1.51. The first-order chi connectivity index (χ1) is 7.20. The Morgan fingerprint density at radius 1 is 1.47 bits per heavy atom. The lowest BCUT2D eigenvalue weighted by atomic mass is 10.1. The van der Waals surface area contributed by atoms with Gasteiger partial charge in [0.05, 0.1) is 7.11 Å². The Kier molecular flexibility index (Phi) is 2.62. The van der Waals surface area contributed by atoms with Crippen molar-refractivity contribution in [1.82, 2.24) is 5.32 Å².